The highest BCUT2D eigenvalue weighted by Gasteiger charge is 2.31. The van der Waals surface area contributed by atoms with E-state index in [0.717, 1.165) is 57.5 Å². The van der Waals surface area contributed by atoms with Crippen LogP contribution in [-0.4, -0.2) is 43.6 Å². The standard InChI is InChI=1S/C20H30N2O2.ClH/c1-15-13-18(7-10-21-15)20(23)22-11-8-16(9-12-22)14-17-5-3-4-6-19(17)24-2;/h3-6,15-16,18,21H,7-14H2,1-2H3;1H/t15-,18-;/m0./s1. The number of nitrogens with zero attached hydrogens (tertiary/aromatic N) is 1. The molecule has 140 valence electrons. The maximum Gasteiger partial charge on any atom is 0.225 e. The summed E-state index contributed by atoms with van der Waals surface area (Å²) in [7, 11) is 1.74. The molecule has 1 amide bonds. The normalized spacial score (nSPS) is 24.5. The molecule has 2 aliphatic heterocycles. The second kappa shape index (κ2) is 9.44. The van der Waals surface area contributed by atoms with Crippen molar-refractivity contribution in [2.75, 3.05) is 26.7 Å². The first kappa shape index (κ1) is 20.1. The Morgan fingerprint density at radius 2 is 1.96 bits per heavy atom. The second-order valence-corrected chi connectivity index (χ2v) is 7.36. The van der Waals surface area contributed by atoms with Crippen molar-refractivity contribution in [2.24, 2.45) is 11.8 Å². The number of nitrogens with one attached hydrogen (secondary N) is 1. The zero-order chi connectivity index (χ0) is 16.9. The van der Waals surface area contributed by atoms with Crippen LogP contribution in [0.2, 0.25) is 0 Å². The van der Waals surface area contributed by atoms with E-state index in [9.17, 15) is 4.79 Å². The molecular weight excluding hydrogens is 336 g/mol. The minimum atomic E-state index is 0. The van der Waals surface area contributed by atoms with Gasteiger partial charge < -0.3 is 15.0 Å². The molecule has 1 aromatic rings. The lowest BCUT2D eigenvalue weighted by Crippen LogP contribution is -2.46. The van der Waals surface area contributed by atoms with Crippen LogP contribution in [0.15, 0.2) is 24.3 Å². The summed E-state index contributed by atoms with van der Waals surface area (Å²) >= 11 is 0. The Kier molecular flexibility index (Phi) is 7.57. The van der Waals surface area contributed by atoms with Gasteiger partial charge >= 0.3 is 0 Å². The van der Waals surface area contributed by atoms with Gasteiger partial charge in [-0.25, -0.2) is 0 Å². The van der Waals surface area contributed by atoms with Gasteiger partial charge in [-0.2, -0.15) is 0 Å². The average Bonchev–Trinajstić information content (AvgIpc) is 2.62. The number of likely N-dealkylation sites (tertiary alicyclic amines) is 1. The van der Waals surface area contributed by atoms with Crippen molar-refractivity contribution in [3.05, 3.63) is 29.8 Å². The minimum absolute atomic E-state index is 0. The topological polar surface area (TPSA) is 41.6 Å². The molecule has 1 aromatic carbocycles. The third-order valence-electron chi connectivity index (χ3n) is 5.60. The summed E-state index contributed by atoms with van der Waals surface area (Å²) in [6, 6.07) is 8.76. The van der Waals surface area contributed by atoms with E-state index in [1.165, 1.54) is 5.56 Å². The predicted octanol–water partition coefficient (Wildman–Crippen LogP) is 3.29. The third kappa shape index (κ3) is 5.11. The monoisotopic (exact) mass is 366 g/mol. The van der Waals surface area contributed by atoms with Crippen LogP contribution in [0.3, 0.4) is 0 Å². The van der Waals surface area contributed by atoms with Gasteiger partial charge in [0.1, 0.15) is 5.75 Å². The molecule has 0 bridgehead atoms. The minimum Gasteiger partial charge on any atom is -0.496 e. The maximum atomic E-state index is 12.7. The van der Waals surface area contributed by atoms with Crippen molar-refractivity contribution >= 4 is 18.3 Å². The third-order valence-corrected chi connectivity index (χ3v) is 5.60. The van der Waals surface area contributed by atoms with E-state index in [4.69, 9.17) is 4.74 Å². The summed E-state index contributed by atoms with van der Waals surface area (Å²) in [5.74, 6) is 2.25. The Balaban J connectivity index is 0.00000225. The number of amides is 1. The van der Waals surface area contributed by atoms with Gasteiger partial charge in [-0.3, -0.25) is 4.79 Å². The lowest BCUT2D eigenvalue weighted by Gasteiger charge is -2.36. The van der Waals surface area contributed by atoms with Crippen LogP contribution in [0.5, 0.6) is 5.75 Å². The van der Waals surface area contributed by atoms with E-state index in [0.29, 0.717) is 17.9 Å². The molecule has 5 heteroatoms. The van der Waals surface area contributed by atoms with Gasteiger partial charge in [0, 0.05) is 25.0 Å². The van der Waals surface area contributed by atoms with E-state index in [2.05, 4.69) is 29.3 Å². The molecule has 2 aliphatic rings. The summed E-state index contributed by atoms with van der Waals surface area (Å²) in [5.41, 5.74) is 1.29. The molecule has 0 aliphatic carbocycles. The first-order chi connectivity index (χ1) is 11.7. The van der Waals surface area contributed by atoms with Gasteiger partial charge in [0.15, 0.2) is 0 Å². The number of carbonyl (C=O) groups excluding carboxylic acids is 1. The number of carbonyl (C=O) groups is 1. The molecule has 3 rings (SSSR count). The Bertz CT molecular complexity index is 558. The van der Waals surface area contributed by atoms with Gasteiger partial charge in [0.25, 0.3) is 0 Å². The van der Waals surface area contributed by atoms with Gasteiger partial charge in [0.05, 0.1) is 7.11 Å². The van der Waals surface area contributed by atoms with Crippen LogP contribution in [0.25, 0.3) is 0 Å². The van der Waals surface area contributed by atoms with Crippen molar-refractivity contribution in [3.63, 3.8) is 0 Å². The van der Waals surface area contributed by atoms with Crippen molar-refractivity contribution < 1.29 is 9.53 Å². The number of piperidine rings is 2. The van der Waals surface area contributed by atoms with Crippen LogP contribution in [-0.2, 0) is 11.2 Å². The lowest BCUT2D eigenvalue weighted by molar-refractivity contribution is -0.138. The van der Waals surface area contributed by atoms with Crippen LogP contribution in [0.4, 0.5) is 0 Å². The largest absolute Gasteiger partial charge is 0.496 e. The number of halogens is 1. The molecule has 0 aromatic heterocycles. The molecule has 2 atom stereocenters. The molecule has 0 spiro atoms. The van der Waals surface area contributed by atoms with Crippen LogP contribution >= 0.6 is 12.4 Å². The zero-order valence-corrected chi connectivity index (χ0v) is 16.2. The Hall–Kier alpha value is -1.26. The van der Waals surface area contributed by atoms with Gasteiger partial charge in [-0.1, -0.05) is 18.2 Å². The number of hydrogen-bond acceptors (Lipinski definition) is 3. The summed E-state index contributed by atoms with van der Waals surface area (Å²) in [4.78, 5) is 14.9. The number of rotatable bonds is 4. The van der Waals surface area contributed by atoms with E-state index in [1.54, 1.807) is 7.11 Å². The van der Waals surface area contributed by atoms with Crippen LogP contribution in [0.1, 0.15) is 38.2 Å². The van der Waals surface area contributed by atoms with Crippen molar-refractivity contribution in [1.82, 2.24) is 10.2 Å². The highest BCUT2D eigenvalue weighted by Crippen LogP contribution is 2.28. The Labute approximate surface area is 157 Å². The van der Waals surface area contributed by atoms with Crippen LogP contribution in [0, 0.1) is 11.8 Å². The van der Waals surface area contributed by atoms with E-state index in [-0.39, 0.29) is 18.3 Å². The fourth-order valence-electron chi connectivity index (χ4n) is 4.15. The molecule has 0 saturated carbocycles. The van der Waals surface area contributed by atoms with Crippen molar-refractivity contribution in [3.8, 4) is 5.75 Å². The summed E-state index contributed by atoms with van der Waals surface area (Å²) in [6.45, 7) is 4.98. The smallest absolute Gasteiger partial charge is 0.225 e. The van der Waals surface area contributed by atoms with Gasteiger partial charge in [0.2, 0.25) is 5.91 Å². The second-order valence-electron chi connectivity index (χ2n) is 7.36. The van der Waals surface area contributed by atoms with Gasteiger partial charge in [-0.05, 0) is 63.1 Å². The van der Waals surface area contributed by atoms with Crippen molar-refractivity contribution in [1.29, 1.82) is 0 Å². The summed E-state index contributed by atoms with van der Waals surface area (Å²) in [6.07, 6.45) is 5.23. The summed E-state index contributed by atoms with van der Waals surface area (Å²) in [5, 5.41) is 3.43. The first-order valence-electron chi connectivity index (χ1n) is 9.31. The molecule has 2 saturated heterocycles. The lowest BCUT2D eigenvalue weighted by atomic mass is 9.87. The highest BCUT2D eigenvalue weighted by atomic mass is 35.5. The molecule has 2 heterocycles. The predicted molar refractivity (Wildman–Crippen MR) is 103 cm³/mol. The SMILES string of the molecule is COc1ccccc1CC1CCN(C(=O)[C@H]2CCN[C@@H](C)C2)CC1.Cl. The molecule has 1 N–H and O–H groups in total. The van der Waals surface area contributed by atoms with E-state index < -0.39 is 0 Å². The van der Waals surface area contributed by atoms with Crippen LogP contribution < -0.4 is 10.1 Å². The number of para-hydroxylation sites is 1. The van der Waals surface area contributed by atoms with Gasteiger partial charge in [-0.15, -0.1) is 12.4 Å². The number of methoxy groups -OCH3 is 1. The Morgan fingerprint density at radius 3 is 2.64 bits per heavy atom. The quantitative estimate of drug-likeness (QED) is 0.889. The molecular formula is C20H31ClN2O2. The van der Waals surface area contributed by atoms with E-state index in [1.807, 2.05) is 12.1 Å². The zero-order valence-electron chi connectivity index (χ0n) is 15.4. The number of hydrogen-bond donors (Lipinski definition) is 1. The van der Waals surface area contributed by atoms with Crippen molar-refractivity contribution in [2.45, 2.75) is 45.1 Å². The fourth-order valence-corrected chi connectivity index (χ4v) is 4.15. The molecule has 25 heavy (non-hydrogen) atoms. The molecule has 0 radical (unpaired) electrons. The number of benzene rings is 1. The maximum absolute atomic E-state index is 12.7. The van der Waals surface area contributed by atoms with E-state index >= 15 is 0 Å². The fraction of sp³-hybridized carbons (Fsp3) is 0.650. The first-order valence-corrected chi connectivity index (χ1v) is 9.31. The molecule has 2 fully saturated rings. The number of ether oxygens (including phenoxy) is 1. The average molecular weight is 367 g/mol. The highest BCUT2D eigenvalue weighted by molar-refractivity contribution is 5.85. The molecule has 0 unspecified atom stereocenters. The molecule has 4 nitrogen and oxygen atoms in total. The summed E-state index contributed by atoms with van der Waals surface area (Å²) < 4.78 is 5.47. The Morgan fingerprint density at radius 1 is 1.24 bits per heavy atom.